The van der Waals surface area contributed by atoms with Gasteiger partial charge < -0.3 is 11.1 Å². The molecule has 0 aromatic carbocycles. The van der Waals surface area contributed by atoms with Crippen LogP contribution in [0.15, 0.2) is 18.3 Å². The fourth-order valence-corrected chi connectivity index (χ4v) is 2.81. The first-order valence-electron chi connectivity index (χ1n) is 5.88. The molecule has 0 atom stereocenters. The maximum Gasteiger partial charge on any atom is 0.223 e. The number of nitrogen functional groups attached to an aromatic ring is 1. The van der Waals surface area contributed by atoms with Crippen LogP contribution in [0.1, 0.15) is 10.6 Å². The van der Waals surface area contributed by atoms with Gasteiger partial charge in [0.2, 0.25) is 5.95 Å². The summed E-state index contributed by atoms with van der Waals surface area (Å²) in [6.07, 6.45) is 1.91. The quantitative estimate of drug-likeness (QED) is 0.762. The zero-order valence-corrected chi connectivity index (χ0v) is 11.5. The highest BCUT2D eigenvalue weighted by atomic mass is 32.1. The van der Waals surface area contributed by atoms with Gasteiger partial charge in [-0.3, -0.25) is 4.68 Å². The van der Waals surface area contributed by atoms with Crippen LogP contribution in [0.2, 0.25) is 0 Å². The molecule has 3 aromatic heterocycles. The Bertz CT molecular complexity index is 729. The Kier molecular flexibility index (Phi) is 2.83. The van der Waals surface area contributed by atoms with Crippen LogP contribution < -0.4 is 11.1 Å². The lowest BCUT2D eigenvalue weighted by molar-refractivity contribution is 0.747. The van der Waals surface area contributed by atoms with E-state index in [0.29, 0.717) is 6.54 Å². The summed E-state index contributed by atoms with van der Waals surface area (Å²) in [5.74, 6) is 1.05. The number of thiophene rings is 1. The maximum atomic E-state index is 5.73. The summed E-state index contributed by atoms with van der Waals surface area (Å²) in [4.78, 5) is 10.6. The van der Waals surface area contributed by atoms with Gasteiger partial charge in [0.15, 0.2) is 0 Å². The normalized spacial score (nSPS) is 11.1. The van der Waals surface area contributed by atoms with Gasteiger partial charge in [0.1, 0.15) is 10.6 Å². The second kappa shape index (κ2) is 4.51. The predicted octanol–water partition coefficient (Wildman–Crippen LogP) is 1.93. The van der Waals surface area contributed by atoms with Gasteiger partial charge in [-0.05, 0) is 19.1 Å². The van der Waals surface area contributed by atoms with Gasteiger partial charge in [0, 0.05) is 18.1 Å². The number of fused-ring (bicyclic) bond motifs is 1. The molecule has 98 valence electrons. The molecule has 6 nitrogen and oxygen atoms in total. The molecular weight excluding hydrogens is 260 g/mol. The van der Waals surface area contributed by atoms with Crippen LogP contribution in [0.5, 0.6) is 0 Å². The Labute approximate surface area is 114 Å². The molecule has 0 radical (unpaired) electrons. The second-order valence-electron chi connectivity index (χ2n) is 4.34. The number of aromatic nitrogens is 4. The van der Waals surface area contributed by atoms with E-state index < -0.39 is 0 Å². The molecule has 0 aliphatic heterocycles. The van der Waals surface area contributed by atoms with Crippen molar-refractivity contribution in [2.75, 3.05) is 11.1 Å². The van der Waals surface area contributed by atoms with E-state index in [4.69, 9.17) is 5.73 Å². The van der Waals surface area contributed by atoms with Crippen LogP contribution in [-0.2, 0) is 13.6 Å². The number of hydrogen-bond donors (Lipinski definition) is 2. The van der Waals surface area contributed by atoms with Crippen LogP contribution in [0.3, 0.4) is 0 Å². The van der Waals surface area contributed by atoms with Gasteiger partial charge in [-0.25, -0.2) is 4.98 Å². The first-order chi connectivity index (χ1) is 9.11. The van der Waals surface area contributed by atoms with Crippen molar-refractivity contribution in [1.82, 2.24) is 19.7 Å². The molecule has 3 rings (SSSR count). The largest absolute Gasteiger partial charge is 0.368 e. The van der Waals surface area contributed by atoms with E-state index >= 15 is 0 Å². The number of nitrogens with one attached hydrogen (secondary N) is 1. The summed E-state index contributed by atoms with van der Waals surface area (Å²) < 4.78 is 1.77. The highest BCUT2D eigenvalue weighted by molar-refractivity contribution is 7.18. The van der Waals surface area contributed by atoms with Crippen molar-refractivity contribution in [3.8, 4) is 0 Å². The summed E-state index contributed by atoms with van der Waals surface area (Å²) >= 11 is 1.62. The van der Waals surface area contributed by atoms with Crippen LogP contribution in [0, 0.1) is 6.92 Å². The third-order valence-electron chi connectivity index (χ3n) is 2.74. The van der Waals surface area contributed by atoms with Crippen LogP contribution >= 0.6 is 11.3 Å². The van der Waals surface area contributed by atoms with Crippen molar-refractivity contribution in [2.24, 2.45) is 7.05 Å². The van der Waals surface area contributed by atoms with Crippen molar-refractivity contribution in [3.05, 3.63) is 28.9 Å². The Morgan fingerprint density at radius 3 is 3.00 bits per heavy atom. The van der Waals surface area contributed by atoms with Crippen LogP contribution in [0.4, 0.5) is 11.8 Å². The molecule has 3 N–H and O–H groups in total. The van der Waals surface area contributed by atoms with Crippen molar-refractivity contribution in [3.63, 3.8) is 0 Å². The number of hydrogen-bond acceptors (Lipinski definition) is 6. The van der Waals surface area contributed by atoms with Gasteiger partial charge in [0.05, 0.1) is 17.6 Å². The molecule has 0 aliphatic carbocycles. The lowest BCUT2D eigenvalue weighted by atomic mass is 10.3. The van der Waals surface area contributed by atoms with Crippen molar-refractivity contribution >= 4 is 33.3 Å². The van der Waals surface area contributed by atoms with E-state index in [0.717, 1.165) is 21.7 Å². The smallest absolute Gasteiger partial charge is 0.223 e. The van der Waals surface area contributed by atoms with Gasteiger partial charge in [-0.1, -0.05) is 0 Å². The predicted molar refractivity (Wildman–Crippen MR) is 77.1 cm³/mol. The zero-order chi connectivity index (χ0) is 13.4. The number of rotatable bonds is 3. The summed E-state index contributed by atoms with van der Waals surface area (Å²) in [5.41, 5.74) is 6.69. The summed E-state index contributed by atoms with van der Waals surface area (Å²) in [5, 5.41) is 8.59. The molecule has 0 fully saturated rings. The Hall–Kier alpha value is -2.15. The van der Waals surface area contributed by atoms with Crippen molar-refractivity contribution in [2.45, 2.75) is 13.5 Å². The molecule has 0 saturated carbocycles. The number of nitrogens with two attached hydrogens (primary N) is 1. The maximum absolute atomic E-state index is 5.73. The average molecular weight is 274 g/mol. The first-order valence-corrected chi connectivity index (χ1v) is 6.69. The standard InChI is InChI=1S/C12H14N6S/c1-7-5-9-10(15-12(13)16-11(9)19-7)14-6-8-3-4-18(2)17-8/h3-5H,6H2,1-2H3,(H3,13,14,15,16). The number of anilines is 2. The zero-order valence-electron chi connectivity index (χ0n) is 10.7. The molecular formula is C12H14N6S. The summed E-state index contributed by atoms with van der Waals surface area (Å²) in [7, 11) is 1.90. The first kappa shape index (κ1) is 11.9. The van der Waals surface area contributed by atoms with Crippen molar-refractivity contribution < 1.29 is 0 Å². The average Bonchev–Trinajstić information content (AvgIpc) is 2.91. The molecule has 0 saturated heterocycles. The van der Waals surface area contributed by atoms with E-state index in [9.17, 15) is 0 Å². The van der Waals surface area contributed by atoms with Gasteiger partial charge in [0.25, 0.3) is 0 Å². The molecule has 3 heterocycles. The van der Waals surface area contributed by atoms with E-state index in [-0.39, 0.29) is 5.95 Å². The molecule has 0 unspecified atom stereocenters. The topological polar surface area (TPSA) is 81.7 Å². The minimum absolute atomic E-state index is 0.290. The highest BCUT2D eigenvalue weighted by Crippen LogP contribution is 2.29. The molecule has 3 aromatic rings. The lowest BCUT2D eigenvalue weighted by Gasteiger charge is -2.05. The monoisotopic (exact) mass is 274 g/mol. The van der Waals surface area contributed by atoms with E-state index in [1.165, 1.54) is 4.88 Å². The fourth-order valence-electron chi connectivity index (χ4n) is 1.92. The van der Waals surface area contributed by atoms with Crippen molar-refractivity contribution in [1.29, 1.82) is 0 Å². The molecule has 19 heavy (non-hydrogen) atoms. The third-order valence-corrected chi connectivity index (χ3v) is 3.68. The van der Waals surface area contributed by atoms with Gasteiger partial charge >= 0.3 is 0 Å². The van der Waals surface area contributed by atoms with E-state index in [1.807, 2.05) is 26.2 Å². The molecule has 0 bridgehead atoms. The molecule has 0 aliphatic rings. The summed E-state index contributed by atoms with van der Waals surface area (Å²) in [6, 6.07) is 4.04. The fraction of sp³-hybridized carbons (Fsp3) is 0.250. The van der Waals surface area contributed by atoms with Gasteiger partial charge in [-0.15, -0.1) is 11.3 Å². The van der Waals surface area contributed by atoms with E-state index in [2.05, 4.69) is 26.4 Å². The van der Waals surface area contributed by atoms with Crippen LogP contribution in [0.25, 0.3) is 10.2 Å². The molecule has 7 heteroatoms. The number of aryl methyl sites for hydroxylation is 2. The minimum atomic E-state index is 0.290. The lowest BCUT2D eigenvalue weighted by Crippen LogP contribution is -2.05. The molecule has 0 spiro atoms. The number of nitrogens with zero attached hydrogens (tertiary/aromatic N) is 4. The van der Waals surface area contributed by atoms with Crippen LogP contribution in [-0.4, -0.2) is 19.7 Å². The summed E-state index contributed by atoms with van der Waals surface area (Å²) in [6.45, 7) is 2.66. The Morgan fingerprint density at radius 2 is 2.26 bits per heavy atom. The Morgan fingerprint density at radius 1 is 1.42 bits per heavy atom. The highest BCUT2D eigenvalue weighted by Gasteiger charge is 2.09. The Balaban J connectivity index is 1.91. The minimum Gasteiger partial charge on any atom is -0.368 e. The second-order valence-corrected chi connectivity index (χ2v) is 5.58. The van der Waals surface area contributed by atoms with E-state index in [1.54, 1.807) is 16.0 Å². The SMILES string of the molecule is Cc1cc2c(NCc3ccn(C)n3)nc(N)nc2s1. The molecule has 0 amide bonds. The van der Waals surface area contributed by atoms with Gasteiger partial charge in [-0.2, -0.15) is 10.1 Å². The third kappa shape index (κ3) is 2.37.